The molecule has 0 bridgehead atoms. The Morgan fingerprint density at radius 2 is 1.61 bits per heavy atom. The molecule has 0 radical (unpaired) electrons. The van der Waals surface area contributed by atoms with E-state index in [1.165, 1.54) is 38.5 Å². The normalized spacial score (nSPS) is 30.1. The molecule has 1 N–H and O–H groups in total. The van der Waals surface area contributed by atoms with Gasteiger partial charge in [-0.1, -0.05) is 48.5 Å². The molecule has 2 aliphatic carbocycles. The fourth-order valence-corrected chi connectivity index (χ4v) is 5.13. The first kappa shape index (κ1) is 19.3. The monoisotopic (exact) mass is 321 g/mol. The third-order valence-electron chi connectivity index (χ3n) is 6.48. The molecule has 0 amide bonds. The molecule has 2 rings (SSSR count). The molecule has 5 unspecified atom stereocenters. The fourth-order valence-electron chi connectivity index (χ4n) is 5.13. The van der Waals surface area contributed by atoms with Crippen molar-refractivity contribution in [2.45, 2.75) is 106 Å². The summed E-state index contributed by atoms with van der Waals surface area (Å²) in [6, 6.07) is 1.53. The smallest absolute Gasteiger partial charge is 0.0101 e. The molecule has 2 aliphatic rings. The van der Waals surface area contributed by atoms with E-state index >= 15 is 0 Å². The van der Waals surface area contributed by atoms with Gasteiger partial charge in [0.15, 0.2) is 0 Å². The summed E-state index contributed by atoms with van der Waals surface area (Å²) in [4.78, 5) is 0. The van der Waals surface area contributed by atoms with Crippen molar-refractivity contribution in [2.24, 2.45) is 34.5 Å². The first-order valence-electron chi connectivity index (χ1n) is 10.3. The number of nitrogens with one attached hydrogen (secondary N) is 1. The van der Waals surface area contributed by atoms with Crippen LogP contribution in [0.1, 0.15) is 93.9 Å². The lowest BCUT2D eigenvalue weighted by Gasteiger charge is -2.37. The summed E-state index contributed by atoms with van der Waals surface area (Å²) in [6.07, 6.45) is 8.53. The highest BCUT2D eigenvalue weighted by molar-refractivity contribution is 5.07. The van der Waals surface area contributed by atoms with E-state index in [2.05, 4.69) is 60.7 Å². The van der Waals surface area contributed by atoms with Crippen molar-refractivity contribution in [1.82, 2.24) is 5.32 Å². The van der Waals surface area contributed by atoms with Gasteiger partial charge in [0.25, 0.3) is 0 Å². The topological polar surface area (TPSA) is 12.0 Å². The third-order valence-corrected chi connectivity index (χ3v) is 6.48. The summed E-state index contributed by atoms with van der Waals surface area (Å²) in [7, 11) is 0. The molecule has 5 atom stereocenters. The molecule has 1 heteroatoms. The van der Waals surface area contributed by atoms with Gasteiger partial charge in [0, 0.05) is 12.1 Å². The predicted octanol–water partition coefficient (Wildman–Crippen LogP) is 6.28. The minimum Gasteiger partial charge on any atom is -0.311 e. The van der Waals surface area contributed by atoms with Crippen LogP contribution in [0.15, 0.2) is 0 Å². The summed E-state index contributed by atoms with van der Waals surface area (Å²) < 4.78 is 0. The van der Waals surface area contributed by atoms with Crippen LogP contribution in [-0.2, 0) is 0 Å². The van der Waals surface area contributed by atoms with Crippen LogP contribution in [0.3, 0.4) is 0 Å². The van der Waals surface area contributed by atoms with Crippen LogP contribution in [0.5, 0.6) is 0 Å². The molecule has 2 fully saturated rings. The maximum Gasteiger partial charge on any atom is 0.0101 e. The van der Waals surface area contributed by atoms with Gasteiger partial charge in [-0.05, 0) is 80.0 Å². The molecular formula is C22H43N. The number of hydrogen-bond acceptors (Lipinski definition) is 1. The molecular weight excluding hydrogens is 278 g/mol. The Labute approximate surface area is 146 Å². The lowest BCUT2D eigenvalue weighted by Crippen LogP contribution is -2.41. The van der Waals surface area contributed by atoms with Gasteiger partial charge in [0.05, 0.1) is 0 Å². The van der Waals surface area contributed by atoms with Crippen LogP contribution in [0.4, 0.5) is 0 Å². The van der Waals surface area contributed by atoms with E-state index in [1.807, 2.05) is 0 Å². The van der Waals surface area contributed by atoms with Crippen molar-refractivity contribution in [3.05, 3.63) is 0 Å². The van der Waals surface area contributed by atoms with Crippen LogP contribution in [-0.4, -0.2) is 12.1 Å². The van der Waals surface area contributed by atoms with Gasteiger partial charge >= 0.3 is 0 Å². The van der Waals surface area contributed by atoms with Crippen LogP contribution < -0.4 is 5.32 Å². The predicted molar refractivity (Wildman–Crippen MR) is 103 cm³/mol. The zero-order valence-electron chi connectivity index (χ0n) is 17.2. The highest BCUT2D eigenvalue weighted by Crippen LogP contribution is 2.59. The first-order valence-corrected chi connectivity index (χ1v) is 10.3. The summed E-state index contributed by atoms with van der Waals surface area (Å²) in [5.74, 6) is 3.50. The fraction of sp³-hybridized carbons (Fsp3) is 1.00. The van der Waals surface area contributed by atoms with Crippen molar-refractivity contribution in [3.63, 3.8) is 0 Å². The zero-order chi connectivity index (χ0) is 17.4. The Kier molecular flexibility index (Phi) is 5.92. The van der Waals surface area contributed by atoms with Crippen LogP contribution in [0.25, 0.3) is 0 Å². The minimum absolute atomic E-state index is 0.464. The van der Waals surface area contributed by atoms with Crippen LogP contribution >= 0.6 is 0 Å². The molecule has 136 valence electrons. The SMILES string of the molecule is CC(C)CC(CC(C)CC(C)(C)C)C1(C(C)NC2CC2C)CC1. The van der Waals surface area contributed by atoms with E-state index in [9.17, 15) is 0 Å². The Bertz CT molecular complexity index is 374. The van der Waals surface area contributed by atoms with E-state index in [1.54, 1.807) is 0 Å². The maximum atomic E-state index is 3.98. The van der Waals surface area contributed by atoms with E-state index in [0.717, 1.165) is 29.7 Å². The largest absolute Gasteiger partial charge is 0.311 e. The summed E-state index contributed by atoms with van der Waals surface area (Å²) in [6.45, 7) is 19.4. The highest BCUT2D eigenvalue weighted by Gasteiger charge is 2.54. The van der Waals surface area contributed by atoms with Gasteiger partial charge < -0.3 is 5.32 Å². The second-order valence-corrected chi connectivity index (χ2v) is 10.9. The van der Waals surface area contributed by atoms with Crippen LogP contribution in [0, 0.1) is 34.5 Å². The van der Waals surface area contributed by atoms with Gasteiger partial charge in [-0.25, -0.2) is 0 Å². The van der Waals surface area contributed by atoms with E-state index < -0.39 is 0 Å². The van der Waals surface area contributed by atoms with Crippen molar-refractivity contribution in [1.29, 1.82) is 0 Å². The van der Waals surface area contributed by atoms with E-state index in [4.69, 9.17) is 0 Å². The summed E-state index contributed by atoms with van der Waals surface area (Å²) >= 11 is 0. The Balaban J connectivity index is 1.98. The standard InChI is InChI=1S/C22H43N/c1-15(2)11-19(12-16(3)14-21(6,7)8)22(9-10-22)18(5)23-20-13-17(20)4/h15-20,23H,9-14H2,1-8H3. The first-order chi connectivity index (χ1) is 10.5. The Hall–Kier alpha value is -0.0400. The molecule has 1 nitrogen and oxygen atoms in total. The minimum atomic E-state index is 0.464. The second kappa shape index (κ2) is 7.06. The van der Waals surface area contributed by atoms with Crippen molar-refractivity contribution >= 4 is 0 Å². The molecule has 0 saturated heterocycles. The third kappa shape index (κ3) is 5.48. The average Bonchev–Trinajstić information content (AvgIpc) is 3.23. The average molecular weight is 322 g/mol. The van der Waals surface area contributed by atoms with Gasteiger partial charge in [0.1, 0.15) is 0 Å². The number of hydrogen-bond donors (Lipinski definition) is 1. The van der Waals surface area contributed by atoms with Gasteiger partial charge in [0.2, 0.25) is 0 Å². The highest BCUT2D eigenvalue weighted by atomic mass is 15.0. The second-order valence-electron chi connectivity index (χ2n) is 10.9. The quantitative estimate of drug-likeness (QED) is 0.527. The Morgan fingerprint density at radius 3 is 2.00 bits per heavy atom. The van der Waals surface area contributed by atoms with E-state index in [0.29, 0.717) is 16.9 Å². The van der Waals surface area contributed by atoms with Crippen molar-refractivity contribution in [2.75, 3.05) is 0 Å². The Morgan fingerprint density at radius 1 is 1.04 bits per heavy atom. The molecule has 23 heavy (non-hydrogen) atoms. The molecule has 0 aromatic rings. The lowest BCUT2D eigenvalue weighted by molar-refractivity contribution is 0.154. The molecule has 0 aromatic carbocycles. The summed E-state index contributed by atoms with van der Waals surface area (Å²) in [5.41, 5.74) is 1.07. The van der Waals surface area contributed by atoms with E-state index in [-0.39, 0.29) is 0 Å². The van der Waals surface area contributed by atoms with Gasteiger partial charge in [-0.15, -0.1) is 0 Å². The molecule has 2 saturated carbocycles. The van der Waals surface area contributed by atoms with Crippen molar-refractivity contribution < 1.29 is 0 Å². The summed E-state index contributed by atoms with van der Waals surface area (Å²) in [5, 5.41) is 3.98. The van der Waals surface area contributed by atoms with Crippen LogP contribution in [0.2, 0.25) is 0 Å². The molecule has 0 heterocycles. The molecule has 0 aliphatic heterocycles. The van der Waals surface area contributed by atoms with Crippen molar-refractivity contribution in [3.8, 4) is 0 Å². The lowest BCUT2D eigenvalue weighted by atomic mass is 9.72. The molecule has 0 aromatic heterocycles. The number of rotatable bonds is 9. The maximum absolute atomic E-state index is 3.98. The molecule has 0 spiro atoms. The zero-order valence-corrected chi connectivity index (χ0v) is 17.2. The van der Waals surface area contributed by atoms with Gasteiger partial charge in [-0.3, -0.25) is 0 Å². The van der Waals surface area contributed by atoms with Gasteiger partial charge in [-0.2, -0.15) is 0 Å².